The second kappa shape index (κ2) is 4.72. The Morgan fingerprint density at radius 1 is 1.50 bits per heavy atom. The number of rotatable bonds is 4. The maximum absolute atomic E-state index is 10.6. The number of aliphatic hydroxyl groups is 1. The predicted octanol–water partition coefficient (Wildman–Crippen LogP) is 1.83. The van der Waals surface area contributed by atoms with Gasteiger partial charge in [0.2, 0.25) is 0 Å². The van der Waals surface area contributed by atoms with Crippen LogP contribution in [0, 0.1) is 17.0 Å². The zero-order valence-corrected chi connectivity index (χ0v) is 8.06. The molecular formula is C10H13NO3. The van der Waals surface area contributed by atoms with E-state index in [-0.39, 0.29) is 17.2 Å². The molecule has 0 aliphatic rings. The van der Waals surface area contributed by atoms with Crippen molar-refractivity contribution in [2.75, 3.05) is 6.61 Å². The van der Waals surface area contributed by atoms with Gasteiger partial charge in [-0.25, -0.2) is 0 Å². The molecule has 0 bridgehead atoms. The number of aliphatic hydroxyl groups excluding tert-OH is 1. The summed E-state index contributed by atoms with van der Waals surface area (Å²) in [6.45, 7) is 1.96. The molecule has 1 rings (SSSR count). The van der Waals surface area contributed by atoms with Gasteiger partial charge >= 0.3 is 0 Å². The molecule has 0 saturated carbocycles. The molecule has 0 fully saturated rings. The SMILES string of the molecule is Cc1ccc([N+](=O)[O-])c(CCCO)c1. The Kier molecular flexibility index (Phi) is 3.59. The van der Waals surface area contributed by atoms with Crippen molar-refractivity contribution in [1.29, 1.82) is 0 Å². The van der Waals surface area contributed by atoms with Gasteiger partial charge in [-0.1, -0.05) is 11.6 Å². The summed E-state index contributed by atoms with van der Waals surface area (Å²) >= 11 is 0. The molecule has 0 aliphatic heterocycles. The van der Waals surface area contributed by atoms with Gasteiger partial charge in [0.25, 0.3) is 5.69 Å². The largest absolute Gasteiger partial charge is 0.396 e. The van der Waals surface area contributed by atoms with Crippen molar-refractivity contribution in [2.45, 2.75) is 19.8 Å². The Balaban J connectivity index is 2.97. The van der Waals surface area contributed by atoms with E-state index in [4.69, 9.17) is 5.11 Å². The zero-order chi connectivity index (χ0) is 10.6. The number of benzene rings is 1. The normalized spacial score (nSPS) is 10.1. The molecule has 0 spiro atoms. The van der Waals surface area contributed by atoms with E-state index in [1.54, 1.807) is 12.1 Å². The molecule has 0 heterocycles. The van der Waals surface area contributed by atoms with Crippen molar-refractivity contribution < 1.29 is 10.0 Å². The van der Waals surface area contributed by atoms with Crippen molar-refractivity contribution in [3.63, 3.8) is 0 Å². The Morgan fingerprint density at radius 3 is 2.79 bits per heavy atom. The number of nitro groups is 1. The summed E-state index contributed by atoms with van der Waals surface area (Å²) in [5, 5.41) is 19.3. The van der Waals surface area contributed by atoms with E-state index in [1.165, 1.54) is 6.07 Å². The summed E-state index contributed by atoms with van der Waals surface area (Å²) in [5.41, 5.74) is 1.84. The fourth-order valence-electron chi connectivity index (χ4n) is 1.36. The van der Waals surface area contributed by atoms with Crippen LogP contribution in [0.15, 0.2) is 18.2 Å². The van der Waals surface area contributed by atoms with Gasteiger partial charge in [-0.3, -0.25) is 10.1 Å². The van der Waals surface area contributed by atoms with E-state index in [9.17, 15) is 10.1 Å². The number of hydrogen-bond donors (Lipinski definition) is 1. The summed E-state index contributed by atoms with van der Waals surface area (Å²) in [5.74, 6) is 0. The summed E-state index contributed by atoms with van der Waals surface area (Å²) in [4.78, 5) is 10.3. The summed E-state index contributed by atoms with van der Waals surface area (Å²) < 4.78 is 0. The maximum Gasteiger partial charge on any atom is 0.272 e. The quantitative estimate of drug-likeness (QED) is 0.588. The van der Waals surface area contributed by atoms with Crippen LogP contribution in [-0.2, 0) is 6.42 Å². The molecule has 76 valence electrons. The van der Waals surface area contributed by atoms with E-state index >= 15 is 0 Å². The molecule has 1 N–H and O–H groups in total. The summed E-state index contributed by atoms with van der Waals surface area (Å²) in [6, 6.07) is 5.04. The average molecular weight is 195 g/mol. The summed E-state index contributed by atoms with van der Waals surface area (Å²) in [6.07, 6.45) is 1.11. The number of nitrogens with zero attached hydrogens (tertiary/aromatic N) is 1. The second-order valence-corrected chi connectivity index (χ2v) is 3.22. The Morgan fingerprint density at radius 2 is 2.21 bits per heavy atom. The van der Waals surface area contributed by atoms with Crippen LogP contribution in [0.25, 0.3) is 0 Å². The molecule has 14 heavy (non-hydrogen) atoms. The van der Waals surface area contributed by atoms with Crippen molar-refractivity contribution >= 4 is 5.69 Å². The van der Waals surface area contributed by atoms with E-state index in [2.05, 4.69) is 0 Å². The van der Waals surface area contributed by atoms with Gasteiger partial charge in [-0.05, 0) is 25.8 Å². The molecular weight excluding hydrogens is 182 g/mol. The lowest BCUT2D eigenvalue weighted by molar-refractivity contribution is -0.385. The number of hydrogen-bond acceptors (Lipinski definition) is 3. The molecule has 1 aromatic carbocycles. The van der Waals surface area contributed by atoms with Gasteiger partial charge in [0.1, 0.15) is 0 Å². The topological polar surface area (TPSA) is 63.4 Å². The number of nitro benzene ring substituents is 1. The smallest absolute Gasteiger partial charge is 0.272 e. The first kappa shape index (κ1) is 10.7. The molecule has 0 unspecified atom stereocenters. The molecule has 0 atom stereocenters. The van der Waals surface area contributed by atoms with E-state index in [0.717, 1.165) is 5.56 Å². The van der Waals surface area contributed by atoms with Gasteiger partial charge in [0.15, 0.2) is 0 Å². The third-order valence-corrected chi connectivity index (χ3v) is 2.04. The van der Waals surface area contributed by atoms with E-state index in [1.807, 2.05) is 6.92 Å². The third-order valence-electron chi connectivity index (χ3n) is 2.04. The first-order valence-electron chi connectivity index (χ1n) is 4.50. The fourth-order valence-corrected chi connectivity index (χ4v) is 1.36. The van der Waals surface area contributed by atoms with Crippen molar-refractivity contribution in [3.8, 4) is 0 Å². The zero-order valence-electron chi connectivity index (χ0n) is 8.06. The van der Waals surface area contributed by atoms with Crippen molar-refractivity contribution in [2.24, 2.45) is 0 Å². The minimum Gasteiger partial charge on any atom is -0.396 e. The highest BCUT2D eigenvalue weighted by Crippen LogP contribution is 2.20. The highest BCUT2D eigenvalue weighted by Gasteiger charge is 2.12. The van der Waals surface area contributed by atoms with Crippen LogP contribution >= 0.6 is 0 Å². The van der Waals surface area contributed by atoms with E-state index < -0.39 is 0 Å². The third kappa shape index (κ3) is 2.53. The molecule has 4 heteroatoms. The Bertz CT molecular complexity index is 336. The molecule has 0 radical (unpaired) electrons. The summed E-state index contributed by atoms with van der Waals surface area (Å²) in [7, 11) is 0. The molecule has 4 nitrogen and oxygen atoms in total. The van der Waals surface area contributed by atoms with Crippen LogP contribution in [-0.4, -0.2) is 16.6 Å². The first-order chi connectivity index (χ1) is 6.65. The Hall–Kier alpha value is -1.42. The van der Waals surface area contributed by atoms with Gasteiger partial charge in [0.05, 0.1) is 4.92 Å². The lowest BCUT2D eigenvalue weighted by Gasteiger charge is -2.02. The second-order valence-electron chi connectivity index (χ2n) is 3.22. The van der Waals surface area contributed by atoms with Gasteiger partial charge in [0, 0.05) is 18.2 Å². The monoisotopic (exact) mass is 195 g/mol. The fraction of sp³-hybridized carbons (Fsp3) is 0.400. The van der Waals surface area contributed by atoms with Crippen LogP contribution in [0.4, 0.5) is 5.69 Å². The van der Waals surface area contributed by atoms with Gasteiger partial charge < -0.3 is 5.11 Å². The average Bonchev–Trinajstić information content (AvgIpc) is 2.14. The van der Waals surface area contributed by atoms with Crippen LogP contribution in [0.5, 0.6) is 0 Å². The highest BCUT2D eigenvalue weighted by molar-refractivity contribution is 5.42. The predicted molar refractivity (Wildman–Crippen MR) is 53.2 cm³/mol. The maximum atomic E-state index is 10.6. The molecule has 0 amide bonds. The van der Waals surface area contributed by atoms with E-state index in [0.29, 0.717) is 18.4 Å². The van der Waals surface area contributed by atoms with Crippen LogP contribution < -0.4 is 0 Å². The van der Waals surface area contributed by atoms with Gasteiger partial charge in [-0.15, -0.1) is 0 Å². The van der Waals surface area contributed by atoms with Crippen LogP contribution in [0.3, 0.4) is 0 Å². The first-order valence-corrected chi connectivity index (χ1v) is 4.50. The molecule has 0 saturated heterocycles. The highest BCUT2D eigenvalue weighted by atomic mass is 16.6. The molecule has 0 aromatic heterocycles. The lowest BCUT2D eigenvalue weighted by Crippen LogP contribution is -1.97. The van der Waals surface area contributed by atoms with Crippen molar-refractivity contribution in [3.05, 3.63) is 39.4 Å². The molecule has 1 aromatic rings. The minimum atomic E-state index is -0.383. The number of aryl methyl sites for hydroxylation is 2. The van der Waals surface area contributed by atoms with Crippen molar-refractivity contribution in [1.82, 2.24) is 0 Å². The van der Waals surface area contributed by atoms with Crippen LogP contribution in [0.1, 0.15) is 17.5 Å². The van der Waals surface area contributed by atoms with Gasteiger partial charge in [-0.2, -0.15) is 0 Å². The lowest BCUT2D eigenvalue weighted by atomic mass is 10.1. The molecule has 0 aliphatic carbocycles. The minimum absolute atomic E-state index is 0.0606. The van der Waals surface area contributed by atoms with Crippen LogP contribution in [0.2, 0.25) is 0 Å². The standard InChI is InChI=1S/C10H13NO3/c1-8-4-5-10(11(13)14)9(7-8)3-2-6-12/h4-5,7,12H,2-3,6H2,1H3. The Labute approximate surface area is 82.3 Å².